The Bertz CT molecular complexity index is 1500. The minimum atomic E-state index is -0.180. The maximum atomic E-state index is 13.6. The second-order valence-electron chi connectivity index (χ2n) is 8.85. The molecule has 2 amide bonds. The summed E-state index contributed by atoms with van der Waals surface area (Å²) < 4.78 is 0. The Morgan fingerprint density at radius 1 is 0.946 bits per heavy atom. The van der Waals surface area contributed by atoms with Crippen LogP contribution in [-0.2, 0) is 17.9 Å². The molecule has 4 aromatic rings. The number of rotatable bonds is 6. The predicted octanol–water partition coefficient (Wildman–Crippen LogP) is 7.26. The van der Waals surface area contributed by atoms with Gasteiger partial charge in [-0.15, -0.1) is 0 Å². The van der Waals surface area contributed by atoms with Gasteiger partial charge in [0.15, 0.2) is 0 Å². The number of hydrogen-bond donors (Lipinski definition) is 1. The van der Waals surface area contributed by atoms with Crippen molar-refractivity contribution in [3.63, 3.8) is 0 Å². The van der Waals surface area contributed by atoms with E-state index < -0.39 is 0 Å². The van der Waals surface area contributed by atoms with E-state index in [1.807, 2.05) is 77.7 Å². The van der Waals surface area contributed by atoms with Gasteiger partial charge in [-0.3, -0.25) is 9.59 Å². The number of halogens is 1. The lowest BCUT2D eigenvalue weighted by Gasteiger charge is -2.30. The molecular formula is C31H25ClN2O2S. The predicted molar refractivity (Wildman–Crippen MR) is 152 cm³/mol. The molecule has 5 rings (SSSR count). The monoisotopic (exact) mass is 524 g/mol. The molecule has 4 nitrogen and oxygen atoms in total. The molecule has 1 aliphatic rings. The summed E-state index contributed by atoms with van der Waals surface area (Å²) in [5, 5.41) is 3.53. The van der Waals surface area contributed by atoms with E-state index in [0.29, 0.717) is 28.6 Å². The van der Waals surface area contributed by atoms with Gasteiger partial charge in [0.25, 0.3) is 11.8 Å². The van der Waals surface area contributed by atoms with Gasteiger partial charge in [-0.1, -0.05) is 95.7 Å². The van der Waals surface area contributed by atoms with Gasteiger partial charge in [-0.2, -0.15) is 0 Å². The van der Waals surface area contributed by atoms with E-state index in [-0.39, 0.29) is 11.8 Å². The van der Waals surface area contributed by atoms with Crippen LogP contribution >= 0.6 is 23.4 Å². The van der Waals surface area contributed by atoms with E-state index >= 15 is 0 Å². The van der Waals surface area contributed by atoms with Crippen molar-refractivity contribution in [2.45, 2.75) is 24.9 Å². The van der Waals surface area contributed by atoms with Crippen molar-refractivity contribution >= 4 is 46.9 Å². The summed E-state index contributed by atoms with van der Waals surface area (Å²) >= 11 is 7.66. The summed E-state index contributed by atoms with van der Waals surface area (Å²) in [5.74, 6) is -0.215. The molecule has 4 aromatic carbocycles. The SMILES string of the molecule is Cc1cccc(CN2C(=O)/C(=C\c3ccc(C(=O)NCc4ccccc4Cl)cc3)Sc3ccccc32)c1. The summed E-state index contributed by atoms with van der Waals surface area (Å²) in [7, 11) is 0. The first-order valence-corrected chi connectivity index (χ1v) is 13.1. The number of amides is 2. The molecule has 0 unspecified atom stereocenters. The van der Waals surface area contributed by atoms with Crippen LogP contribution in [0.15, 0.2) is 107 Å². The molecule has 1 N–H and O–H groups in total. The van der Waals surface area contributed by atoms with Crippen molar-refractivity contribution in [1.29, 1.82) is 0 Å². The number of thioether (sulfide) groups is 1. The molecule has 0 bridgehead atoms. The van der Waals surface area contributed by atoms with Gasteiger partial charge in [-0.25, -0.2) is 0 Å². The van der Waals surface area contributed by atoms with Gasteiger partial charge in [0, 0.05) is 22.0 Å². The van der Waals surface area contributed by atoms with Gasteiger partial charge in [0.2, 0.25) is 0 Å². The maximum Gasteiger partial charge on any atom is 0.265 e. The third-order valence-corrected chi connectivity index (χ3v) is 7.57. The van der Waals surface area contributed by atoms with Gasteiger partial charge < -0.3 is 10.2 Å². The van der Waals surface area contributed by atoms with E-state index in [9.17, 15) is 9.59 Å². The smallest absolute Gasteiger partial charge is 0.265 e. The third-order valence-electron chi connectivity index (χ3n) is 6.12. The number of carbonyl (C=O) groups is 2. The Hall–Kier alpha value is -3.80. The summed E-state index contributed by atoms with van der Waals surface area (Å²) in [5.41, 5.74) is 5.43. The van der Waals surface area contributed by atoms with Crippen molar-refractivity contribution in [3.8, 4) is 0 Å². The summed E-state index contributed by atoms with van der Waals surface area (Å²) in [6.07, 6.45) is 1.89. The molecule has 1 heterocycles. The van der Waals surface area contributed by atoms with Crippen LogP contribution in [0.5, 0.6) is 0 Å². The molecule has 37 heavy (non-hydrogen) atoms. The van der Waals surface area contributed by atoms with Crippen LogP contribution in [0, 0.1) is 6.92 Å². The van der Waals surface area contributed by atoms with E-state index in [4.69, 9.17) is 11.6 Å². The lowest BCUT2D eigenvalue weighted by atomic mass is 10.1. The number of anilines is 1. The van der Waals surface area contributed by atoms with Crippen molar-refractivity contribution in [1.82, 2.24) is 5.32 Å². The lowest BCUT2D eigenvalue weighted by molar-refractivity contribution is -0.114. The normalized spacial score (nSPS) is 13.9. The number of aryl methyl sites for hydroxylation is 1. The molecule has 6 heteroatoms. The number of nitrogens with one attached hydrogen (secondary N) is 1. The molecule has 0 fully saturated rings. The maximum absolute atomic E-state index is 13.6. The molecule has 0 saturated carbocycles. The molecule has 0 saturated heterocycles. The minimum Gasteiger partial charge on any atom is -0.348 e. The number of fused-ring (bicyclic) bond motifs is 1. The van der Waals surface area contributed by atoms with Crippen molar-refractivity contribution in [2.24, 2.45) is 0 Å². The number of carbonyl (C=O) groups excluding carboxylic acids is 2. The van der Waals surface area contributed by atoms with Crippen LogP contribution in [0.4, 0.5) is 5.69 Å². The fraction of sp³-hybridized carbons (Fsp3) is 0.0968. The molecule has 0 radical (unpaired) electrons. The van der Waals surface area contributed by atoms with Gasteiger partial charge in [0.1, 0.15) is 0 Å². The molecule has 0 atom stereocenters. The molecular weight excluding hydrogens is 500 g/mol. The van der Waals surface area contributed by atoms with Gasteiger partial charge in [-0.05, 0) is 60.0 Å². The number of benzene rings is 4. The third kappa shape index (κ3) is 5.79. The molecule has 184 valence electrons. The molecule has 0 aliphatic carbocycles. The first-order valence-electron chi connectivity index (χ1n) is 12.0. The van der Waals surface area contributed by atoms with Crippen LogP contribution in [0.1, 0.15) is 32.6 Å². The average Bonchev–Trinajstić information content (AvgIpc) is 2.91. The van der Waals surface area contributed by atoms with E-state index in [1.165, 1.54) is 11.8 Å². The lowest BCUT2D eigenvalue weighted by Crippen LogP contribution is -2.33. The topological polar surface area (TPSA) is 49.4 Å². The van der Waals surface area contributed by atoms with Crippen molar-refractivity contribution < 1.29 is 9.59 Å². The Balaban J connectivity index is 1.34. The van der Waals surface area contributed by atoms with Crippen molar-refractivity contribution in [2.75, 3.05) is 4.90 Å². The highest BCUT2D eigenvalue weighted by Gasteiger charge is 2.29. The molecule has 1 aliphatic heterocycles. The van der Waals surface area contributed by atoms with Crippen LogP contribution in [0.3, 0.4) is 0 Å². The zero-order valence-electron chi connectivity index (χ0n) is 20.3. The Morgan fingerprint density at radius 3 is 2.49 bits per heavy atom. The van der Waals surface area contributed by atoms with Gasteiger partial charge in [0.05, 0.1) is 17.1 Å². The van der Waals surface area contributed by atoms with Crippen LogP contribution in [0.2, 0.25) is 5.02 Å². The highest BCUT2D eigenvalue weighted by molar-refractivity contribution is 8.04. The molecule has 0 aromatic heterocycles. The van der Waals surface area contributed by atoms with Crippen molar-refractivity contribution in [3.05, 3.63) is 135 Å². The largest absolute Gasteiger partial charge is 0.348 e. The second kappa shape index (κ2) is 11.1. The van der Waals surface area contributed by atoms with Gasteiger partial charge >= 0.3 is 0 Å². The van der Waals surface area contributed by atoms with Crippen LogP contribution < -0.4 is 10.2 Å². The highest BCUT2D eigenvalue weighted by atomic mass is 35.5. The number of nitrogens with zero attached hydrogens (tertiary/aromatic N) is 1. The summed E-state index contributed by atoms with van der Waals surface area (Å²) in [4.78, 5) is 29.7. The quantitative estimate of drug-likeness (QED) is 0.270. The van der Waals surface area contributed by atoms with Crippen LogP contribution in [-0.4, -0.2) is 11.8 Å². The van der Waals surface area contributed by atoms with Crippen LogP contribution in [0.25, 0.3) is 6.08 Å². The number of hydrogen-bond acceptors (Lipinski definition) is 3. The molecule has 0 spiro atoms. The zero-order chi connectivity index (χ0) is 25.8. The Kier molecular flexibility index (Phi) is 7.45. The van der Waals surface area contributed by atoms with E-state index in [2.05, 4.69) is 24.4 Å². The zero-order valence-corrected chi connectivity index (χ0v) is 21.9. The summed E-state index contributed by atoms with van der Waals surface area (Å²) in [6, 6.07) is 30.9. The Labute approximate surface area is 226 Å². The van der Waals surface area contributed by atoms with E-state index in [0.717, 1.165) is 32.8 Å². The highest BCUT2D eigenvalue weighted by Crippen LogP contribution is 2.42. The first-order chi connectivity index (χ1) is 18.0. The first kappa shape index (κ1) is 24.9. The fourth-order valence-electron chi connectivity index (χ4n) is 4.21. The average molecular weight is 525 g/mol. The Morgan fingerprint density at radius 2 is 1.70 bits per heavy atom. The standard InChI is InChI=1S/C31H25ClN2O2S/c1-21-7-6-8-23(17-21)20-34-27-11-4-5-12-28(27)37-29(31(34)36)18-22-13-15-24(16-14-22)30(35)33-19-25-9-2-3-10-26(25)32/h2-18H,19-20H2,1H3,(H,33,35)/b29-18+. The fourth-order valence-corrected chi connectivity index (χ4v) is 5.48. The minimum absolute atomic E-state index is 0.0354. The number of para-hydroxylation sites is 1. The second-order valence-corrected chi connectivity index (χ2v) is 10.3. The summed E-state index contributed by atoms with van der Waals surface area (Å²) in [6.45, 7) is 2.91. The van der Waals surface area contributed by atoms with E-state index in [1.54, 1.807) is 18.2 Å².